The van der Waals surface area contributed by atoms with Crippen molar-refractivity contribution in [3.8, 4) is 0 Å². The SMILES string of the molecule is O=C1N=CSC1=Cc1ccc2ncccc2c1. The van der Waals surface area contributed by atoms with E-state index in [1.54, 1.807) is 11.7 Å². The lowest BCUT2D eigenvalue weighted by molar-refractivity contribution is -0.113. The molecule has 0 saturated heterocycles. The Morgan fingerprint density at radius 3 is 3.00 bits per heavy atom. The van der Waals surface area contributed by atoms with Gasteiger partial charge in [0, 0.05) is 11.6 Å². The van der Waals surface area contributed by atoms with Crippen LogP contribution in [-0.4, -0.2) is 16.4 Å². The standard InChI is InChI=1S/C13H8N2OS/c16-13-12(17-8-15-13)7-9-3-4-11-10(6-9)2-1-5-14-11/h1-8H. The van der Waals surface area contributed by atoms with Crippen molar-refractivity contribution in [2.24, 2.45) is 4.99 Å². The molecule has 4 heteroatoms. The number of amides is 1. The Balaban J connectivity index is 2.04. The summed E-state index contributed by atoms with van der Waals surface area (Å²) >= 11 is 1.35. The van der Waals surface area contributed by atoms with Crippen LogP contribution in [0.2, 0.25) is 0 Å². The Bertz CT molecular complexity index is 661. The number of carbonyl (C=O) groups is 1. The van der Waals surface area contributed by atoms with Crippen LogP contribution in [0.5, 0.6) is 0 Å². The first kappa shape index (κ1) is 10.2. The van der Waals surface area contributed by atoms with E-state index < -0.39 is 0 Å². The first-order chi connectivity index (χ1) is 8.33. The molecule has 1 aliphatic heterocycles. The van der Waals surface area contributed by atoms with Crippen LogP contribution in [-0.2, 0) is 4.79 Å². The Hall–Kier alpha value is -1.94. The van der Waals surface area contributed by atoms with Crippen LogP contribution in [0, 0.1) is 0 Å². The maximum Gasteiger partial charge on any atom is 0.284 e. The number of pyridine rings is 1. The number of carbonyl (C=O) groups excluding carboxylic acids is 1. The minimum Gasteiger partial charge on any atom is -0.266 e. The number of fused-ring (bicyclic) bond motifs is 1. The summed E-state index contributed by atoms with van der Waals surface area (Å²) in [6.07, 6.45) is 3.62. The molecule has 1 aromatic heterocycles. The molecule has 0 bridgehead atoms. The van der Waals surface area contributed by atoms with Gasteiger partial charge in [-0.05, 0) is 29.8 Å². The molecule has 2 aromatic rings. The summed E-state index contributed by atoms with van der Waals surface area (Å²) in [5.41, 5.74) is 3.51. The van der Waals surface area contributed by atoms with Crippen molar-refractivity contribution in [1.29, 1.82) is 0 Å². The smallest absolute Gasteiger partial charge is 0.266 e. The molecule has 17 heavy (non-hydrogen) atoms. The second kappa shape index (κ2) is 4.14. The van der Waals surface area contributed by atoms with Crippen LogP contribution in [0.3, 0.4) is 0 Å². The number of thioether (sulfide) groups is 1. The summed E-state index contributed by atoms with van der Waals surface area (Å²) in [7, 11) is 0. The molecule has 1 amide bonds. The number of hydrogen-bond acceptors (Lipinski definition) is 3. The van der Waals surface area contributed by atoms with Crippen molar-refractivity contribution in [3.63, 3.8) is 0 Å². The molecule has 0 fully saturated rings. The van der Waals surface area contributed by atoms with Gasteiger partial charge in [-0.2, -0.15) is 0 Å². The number of nitrogens with zero attached hydrogens (tertiary/aromatic N) is 2. The number of rotatable bonds is 1. The molecule has 0 unspecified atom stereocenters. The van der Waals surface area contributed by atoms with E-state index in [9.17, 15) is 4.79 Å². The molecule has 0 N–H and O–H groups in total. The summed E-state index contributed by atoms with van der Waals surface area (Å²) in [6.45, 7) is 0. The molecular formula is C13H8N2OS. The molecule has 3 nitrogen and oxygen atoms in total. The lowest BCUT2D eigenvalue weighted by atomic mass is 10.1. The number of aromatic nitrogens is 1. The van der Waals surface area contributed by atoms with Gasteiger partial charge >= 0.3 is 0 Å². The van der Waals surface area contributed by atoms with Gasteiger partial charge in [0.05, 0.1) is 16.0 Å². The van der Waals surface area contributed by atoms with Gasteiger partial charge < -0.3 is 0 Å². The van der Waals surface area contributed by atoms with Gasteiger partial charge in [-0.25, -0.2) is 4.99 Å². The van der Waals surface area contributed by atoms with Crippen molar-refractivity contribution < 1.29 is 4.79 Å². The second-order valence-corrected chi connectivity index (χ2v) is 4.51. The van der Waals surface area contributed by atoms with Gasteiger partial charge in [0.2, 0.25) is 0 Å². The van der Waals surface area contributed by atoms with Crippen molar-refractivity contribution in [2.75, 3.05) is 0 Å². The molecule has 3 rings (SSSR count). The molecule has 0 radical (unpaired) electrons. The van der Waals surface area contributed by atoms with Crippen LogP contribution >= 0.6 is 11.8 Å². The third-order valence-corrected chi connectivity index (χ3v) is 3.24. The Labute approximate surface area is 102 Å². The number of aliphatic imine (C=N–C) groups is 1. The van der Waals surface area contributed by atoms with E-state index in [0.717, 1.165) is 16.5 Å². The van der Waals surface area contributed by atoms with Crippen molar-refractivity contribution in [3.05, 3.63) is 47.0 Å². The predicted octanol–water partition coefficient (Wildman–Crippen LogP) is 2.88. The minimum atomic E-state index is -0.165. The highest BCUT2D eigenvalue weighted by Gasteiger charge is 2.13. The van der Waals surface area contributed by atoms with E-state index >= 15 is 0 Å². The van der Waals surface area contributed by atoms with Gasteiger partial charge in [-0.15, -0.1) is 0 Å². The predicted molar refractivity (Wildman–Crippen MR) is 70.8 cm³/mol. The summed E-state index contributed by atoms with van der Waals surface area (Å²) in [5, 5.41) is 1.07. The molecule has 0 spiro atoms. The van der Waals surface area contributed by atoms with Crippen molar-refractivity contribution in [1.82, 2.24) is 4.98 Å². The lowest BCUT2D eigenvalue weighted by Crippen LogP contribution is -1.88. The third kappa shape index (κ3) is 1.99. The number of hydrogen-bond donors (Lipinski definition) is 0. The zero-order valence-corrected chi connectivity index (χ0v) is 9.65. The molecule has 0 aliphatic carbocycles. The first-order valence-electron chi connectivity index (χ1n) is 5.13. The monoisotopic (exact) mass is 240 g/mol. The van der Waals surface area contributed by atoms with E-state index in [2.05, 4.69) is 9.98 Å². The molecular weight excluding hydrogens is 232 g/mol. The summed E-state index contributed by atoms with van der Waals surface area (Å²) in [5.74, 6) is -0.165. The maximum absolute atomic E-state index is 11.3. The average Bonchev–Trinajstić information content (AvgIpc) is 2.75. The zero-order valence-electron chi connectivity index (χ0n) is 8.83. The molecule has 0 saturated carbocycles. The van der Waals surface area contributed by atoms with Gasteiger partial charge in [-0.1, -0.05) is 23.9 Å². The largest absolute Gasteiger partial charge is 0.284 e. The van der Waals surface area contributed by atoms with Crippen LogP contribution in [0.1, 0.15) is 5.56 Å². The topological polar surface area (TPSA) is 42.3 Å². The Morgan fingerprint density at radius 2 is 2.18 bits per heavy atom. The normalized spacial score (nSPS) is 17.2. The summed E-state index contributed by atoms with van der Waals surface area (Å²) < 4.78 is 0. The van der Waals surface area contributed by atoms with Gasteiger partial charge in [0.25, 0.3) is 5.91 Å². The molecule has 82 valence electrons. The van der Waals surface area contributed by atoms with Gasteiger partial charge in [0.1, 0.15) is 0 Å². The van der Waals surface area contributed by atoms with E-state index in [1.807, 2.05) is 36.4 Å². The number of benzene rings is 1. The van der Waals surface area contributed by atoms with Gasteiger partial charge in [-0.3, -0.25) is 9.78 Å². The Kier molecular flexibility index (Phi) is 2.49. The van der Waals surface area contributed by atoms with E-state index in [-0.39, 0.29) is 5.91 Å². The molecule has 1 aromatic carbocycles. The van der Waals surface area contributed by atoms with Gasteiger partial charge in [0.15, 0.2) is 0 Å². The highest BCUT2D eigenvalue weighted by Crippen LogP contribution is 2.24. The van der Waals surface area contributed by atoms with Crippen LogP contribution in [0.15, 0.2) is 46.4 Å². The van der Waals surface area contributed by atoms with Crippen molar-refractivity contribution in [2.45, 2.75) is 0 Å². The van der Waals surface area contributed by atoms with E-state index in [1.165, 1.54) is 11.8 Å². The first-order valence-corrected chi connectivity index (χ1v) is 6.01. The van der Waals surface area contributed by atoms with E-state index in [0.29, 0.717) is 4.91 Å². The third-order valence-electron chi connectivity index (χ3n) is 2.49. The fourth-order valence-corrected chi connectivity index (χ4v) is 2.30. The van der Waals surface area contributed by atoms with Crippen LogP contribution in [0.4, 0.5) is 0 Å². The highest BCUT2D eigenvalue weighted by molar-refractivity contribution is 8.16. The fraction of sp³-hybridized carbons (Fsp3) is 0. The summed E-state index contributed by atoms with van der Waals surface area (Å²) in [6, 6.07) is 9.82. The second-order valence-electron chi connectivity index (χ2n) is 3.62. The van der Waals surface area contributed by atoms with Crippen molar-refractivity contribution >= 4 is 40.2 Å². The fourth-order valence-electron chi connectivity index (χ4n) is 1.68. The maximum atomic E-state index is 11.3. The minimum absolute atomic E-state index is 0.165. The molecule has 0 atom stereocenters. The Morgan fingerprint density at radius 1 is 1.24 bits per heavy atom. The quantitative estimate of drug-likeness (QED) is 0.720. The molecule has 1 aliphatic rings. The lowest BCUT2D eigenvalue weighted by Gasteiger charge is -1.99. The van der Waals surface area contributed by atoms with E-state index in [4.69, 9.17) is 0 Å². The summed E-state index contributed by atoms with van der Waals surface area (Å²) in [4.78, 5) is 19.9. The van der Waals surface area contributed by atoms with Crippen LogP contribution < -0.4 is 0 Å². The average molecular weight is 240 g/mol. The zero-order chi connectivity index (χ0) is 11.7. The van der Waals surface area contributed by atoms with Crippen LogP contribution in [0.25, 0.3) is 17.0 Å². The molecule has 2 heterocycles. The highest BCUT2D eigenvalue weighted by atomic mass is 32.2.